The molecule has 1 rings (SSSR count). The number of oxazole rings is 1. The van der Waals surface area contributed by atoms with Crippen LogP contribution in [0.2, 0.25) is 0 Å². The highest BCUT2D eigenvalue weighted by Crippen LogP contribution is 2.21. The second-order valence-corrected chi connectivity index (χ2v) is 4.48. The summed E-state index contributed by atoms with van der Waals surface area (Å²) in [7, 11) is 0. The van der Waals surface area contributed by atoms with Gasteiger partial charge in [-0.2, -0.15) is 0 Å². The lowest BCUT2D eigenvalue weighted by Crippen LogP contribution is -2.11. The van der Waals surface area contributed by atoms with Crippen LogP contribution in [0.4, 0.5) is 0 Å². The Balaban J connectivity index is 2.89. The minimum Gasteiger partial charge on any atom is -0.448 e. The predicted octanol–water partition coefficient (Wildman–Crippen LogP) is 2.37. The summed E-state index contributed by atoms with van der Waals surface area (Å²) in [6, 6.07) is 0. The summed E-state index contributed by atoms with van der Waals surface area (Å²) in [6.07, 6.45) is 3.43. The zero-order valence-corrected chi connectivity index (χ0v) is 9.16. The summed E-state index contributed by atoms with van der Waals surface area (Å²) < 4.78 is 5.34. The van der Waals surface area contributed by atoms with Gasteiger partial charge in [0.25, 0.3) is 0 Å². The van der Waals surface area contributed by atoms with Gasteiger partial charge in [-0.3, -0.25) is 0 Å². The van der Waals surface area contributed by atoms with Crippen molar-refractivity contribution in [1.82, 2.24) is 4.98 Å². The SMILES string of the molecule is C/C(=C\c1coc(C(C)(C)C)n1)CO. The zero-order chi connectivity index (χ0) is 10.8. The molecule has 0 amide bonds. The monoisotopic (exact) mass is 195 g/mol. The van der Waals surface area contributed by atoms with E-state index >= 15 is 0 Å². The van der Waals surface area contributed by atoms with Gasteiger partial charge in [0.05, 0.1) is 6.61 Å². The molecule has 1 aromatic rings. The van der Waals surface area contributed by atoms with E-state index in [4.69, 9.17) is 9.52 Å². The van der Waals surface area contributed by atoms with Crippen molar-refractivity contribution in [3.63, 3.8) is 0 Å². The van der Waals surface area contributed by atoms with Gasteiger partial charge in [-0.1, -0.05) is 20.8 Å². The van der Waals surface area contributed by atoms with E-state index in [1.807, 2.05) is 33.8 Å². The summed E-state index contributed by atoms with van der Waals surface area (Å²) >= 11 is 0. The lowest BCUT2D eigenvalue weighted by molar-refractivity contribution is 0.332. The summed E-state index contributed by atoms with van der Waals surface area (Å²) in [4.78, 5) is 4.32. The van der Waals surface area contributed by atoms with Crippen LogP contribution in [0.3, 0.4) is 0 Å². The van der Waals surface area contributed by atoms with Crippen molar-refractivity contribution in [2.75, 3.05) is 6.61 Å². The fraction of sp³-hybridized carbons (Fsp3) is 0.545. The lowest BCUT2D eigenvalue weighted by Gasteiger charge is -2.11. The molecule has 0 fully saturated rings. The molecule has 3 nitrogen and oxygen atoms in total. The Hall–Kier alpha value is -1.09. The van der Waals surface area contributed by atoms with Crippen LogP contribution in [0.1, 0.15) is 39.3 Å². The van der Waals surface area contributed by atoms with E-state index in [0.29, 0.717) is 0 Å². The molecule has 1 heterocycles. The second kappa shape index (κ2) is 3.96. The number of aliphatic hydroxyl groups is 1. The van der Waals surface area contributed by atoms with Gasteiger partial charge in [0.1, 0.15) is 12.0 Å². The third-order valence-electron chi connectivity index (χ3n) is 1.81. The summed E-state index contributed by atoms with van der Waals surface area (Å²) in [6.45, 7) is 8.05. The standard InChI is InChI=1S/C11H17NO2/c1-8(6-13)5-9-7-14-10(12-9)11(2,3)4/h5,7,13H,6H2,1-4H3/b8-5+. The molecule has 0 bridgehead atoms. The van der Waals surface area contributed by atoms with Crippen molar-refractivity contribution < 1.29 is 9.52 Å². The van der Waals surface area contributed by atoms with Crippen molar-refractivity contribution in [3.05, 3.63) is 23.4 Å². The normalized spacial score (nSPS) is 13.4. The third-order valence-corrected chi connectivity index (χ3v) is 1.81. The third kappa shape index (κ3) is 2.70. The topological polar surface area (TPSA) is 46.3 Å². The average molecular weight is 195 g/mol. The van der Waals surface area contributed by atoms with Gasteiger partial charge < -0.3 is 9.52 Å². The van der Waals surface area contributed by atoms with Gasteiger partial charge in [0.2, 0.25) is 0 Å². The Morgan fingerprint density at radius 1 is 1.57 bits per heavy atom. The fourth-order valence-corrected chi connectivity index (χ4v) is 0.995. The van der Waals surface area contributed by atoms with Crippen LogP contribution in [-0.2, 0) is 5.41 Å². The Morgan fingerprint density at radius 3 is 2.64 bits per heavy atom. The highest BCUT2D eigenvalue weighted by Gasteiger charge is 2.19. The first-order chi connectivity index (χ1) is 6.43. The molecule has 3 heteroatoms. The second-order valence-electron chi connectivity index (χ2n) is 4.48. The van der Waals surface area contributed by atoms with Gasteiger partial charge in [-0.25, -0.2) is 4.98 Å². The number of nitrogens with zero attached hydrogens (tertiary/aromatic N) is 1. The molecule has 0 aromatic carbocycles. The zero-order valence-electron chi connectivity index (χ0n) is 9.16. The van der Waals surface area contributed by atoms with E-state index in [9.17, 15) is 0 Å². The summed E-state index contributed by atoms with van der Waals surface area (Å²) in [5, 5.41) is 8.84. The summed E-state index contributed by atoms with van der Waals surface area (Å²) in [5.41, 5.74) is 1.57. The molecule has 78 valence electrons. The van der Waals surface area contributed by atoms with Crippen molar-refractivity contribution >= 4 is 6.08 Å². The molecule has 0 unspecified atom stereocenters. The quantitative estimate of drug-likeness (QED) is 0.788. The number of aromatic nitrogens is 1. The maximum absolute atomic E-state index is 8.84. The predicted molar refractivity (Wildman–Crippen MR) is 55.9 cm³/mol. The van der Waals surface area contributed by atoms with Gasteiger partial charge in [0.15, 0.2) is 5.89 Å². The minimum absolute atomic E-state index is 0.0533. The molecule has 0 saturated heterocycles. The highest BCUT2D eigenvalue weighted by molar-refractivity contribution is 5.47. The number of hydrogen-bond donors (Lipinski definition) is 1. The van der Waals surface area contributed by atoms with E-state index < -0.39 is 0 Å². The molecular formula is C11H17NO2. The molecule has 0 atom stereocenters. The van der Waals surface area contributed by atoms with E-state index in [0.717, 1.165) is 17.2 Å². The van der Waals surface area contributed by atoms with Gasteiger partial charge in [-0.15, -0.1) is 0 Å². The number of hydrogen-bond acceptors (Lipinski definition) is 3. The summed E-state index contributed by atoms with van der Waals surface area (Å²) in [5.74, 6) is 0.717. The van der Waals surface area contributed by atoms with Crippen molar-refractivity contribution in [1.29, 1.82) is 0 Å². The van der Waals surface area contributed by atoms with Crippen LogP contribution in [0.5, 0.6) is 0 Å². The molecule has 0 spiro atoms. The van der Waals surface area contributed by atoms with Gasteiger partial charge >= 0.3 is 0 Å². The van der Waals surface area contributed by atoms with E-state index in [2.05, 4.69) is 4.98 Å². The minimum atomic E-state index is -0.0702. The van der Waals surface area contributed by atoms with Crippen molar-refractivity contribution in [3.8, 4) is 0 Å². The Kier molecular flexibility index (Phi) is 3.11. The molecule has 0 aliphatic carbocycles. The molecule has 1 N–H and O–H groups in total. The highest BCUT2D eigenvalue weighted by atomic mass is 16.3. The molecule has 14 heavy (non-hydrogen) atoms. The lowest BCUT2D eigenvalue weighted by atomic mass is 9.97. The number of aliphatic hydroxyl groups excluding tert-OH is 1. The first-order valence-corrected chi connectivity index (χ1v) is 4.67. The first-order valence-electron chi connectivity index (χ1n) is 4.67. The molecule has 0 aliphatic heterocycles. The maximum Gasteiger partial charge on any atom is 0.199 e. The molecule has 0 radical (unpaired) electrons. The van der Waals surface area contributed by atoms with Crippen molar-refractivity contribution in [2.24, 2.45) is 0 Å². The molecule has 1 aromatic heterocycles. The molecular weight excluding hydrogens is 178 g/mol. The molecule has 0 aliphatic rings. The Labute approximate surface area is 84.5 Å². The molecule has 0 saturated carbocycles. The first kappa shape index (κ1) is 11.0. The maximum atomic E-state index is 8.84. The largest absolute Gasteiger partial charge is 0.448 e. The smallest absolute Gasteiger partial charge is 0.199 e. The van der Waals surface area contributed by atoms with Crippen LogP contribution < -0.4 is 0 Å². The van der Waals surface area contributed by atoms with E-state index in [1.54, 1.807) is 6.26 Å². The average Bonchev–Trinajstić information content (AvgIpc) is 2.51. The fourth-order valence-electron chi connectivity index (χ4n) is 0.995. The Morgan fingerprint density at radius 2 is 2.21 bits per heavy atom. The van der Waals surface area contributed by atoms with E-state index in [-0.39, 0.29) is 12.0 Å². The Bertz CT molecular complexity index is 331. The van der Waals surface area contributed by atoms with Crippen LogP contribution in [-0.4, -0.2) is 16.7 Å². The van der Waals surface area contributed by atoms with Crippen molar-refractivity contribution in [2.45, 2.75) is 33.1 Å². The van der Waals surface area contributed by atoms with Crippen LogP contribution >= 0.6 is 0 Å². The number of rotatable bonds is 2. The van der Waals surface area contributed by atoms with Crippen LogP contribution in [0.15, 0.2) is 16.3 Å². The van der Waals surface area contributed by atoms with Crippen LogP contribution in [0, 0.1) is 0 Å². The van der Waals surface area contributed by atoms with Gasteiger partial charge in [-0.05, 0) is 18.6 Å². The van der Waals surface area contributed by atoms with Crippen LogP contribution in [0.25, 0.3) is 6.08 Å². The van der Waals surface area contributed by atoms with Gasteiger partial charge in [0, 0.05) is 5.41 Å². The van der Waals surface area contributed by atoms with E-state index in [1.165, 1.54) is 0 Å².